The van der Waals surface area contributed by atoms with Crippen LogP contribution in [0.25, 0.3) is 0 Å². The van der Waals surface area contributed by atoms with E-state index in [0.29, 0.717) is 12.1 Å². The summed E-state index contributed by atoms with van der Waals surface area (Å²) in [5.41, 5.74) is 8.78. The number of alkyl halides is 3. The zero-order valence-electron chi connectivity index (χ0n) is 15.4. The summed E-state index contributed by atoms with van der Waals surface area (Å²) in [5.74, 6) is -0.0177. The Balaban J connectivity index is 1.46. The molecule has 0 saturated heterocycles. The van der Waals surface area contributed by atoms with Crippen molar-refractivity contribution in [2.75, 3.05) is 0 Å². The molecule has 2 aromatic carbocycles. The van der Waals surface area contributed by atoms with Crippen molar-refractivity contribution in [2.24, 2.45) is 10.7 Å². The third-order valence-electron chi connectivity index (χ3n) is 4.01. The number of rotatable bonds is 7. The smallest absolute Gasteiger partial charge is 0.406 e. The highest BCUT2D eigenvalue weighted by Crippen LogP contribution is 2.22. The molecule has 0 radical (unpaired) electrons. The molecule has 0 unspecified atom stereocenters. The molecule has 0 saturated carbocycles. The number of aromatic nitrogens is 2. The Morgan fingerprint density at radius 1 is 1.03 bits per heavy atom. The molecule has 0 aliphatic carbocycles. The van der Waals surface area contributed by atoms with Crippen molar-refractivity contribution in [1.82, 2.24) is 14.9 Å². The first-order valence-electron chi connectivity index (χ1n) is 8.79. The molecule has 9 heteroatoms. The van der Waals surface area contributed by atoms with Gasteiger partial charge >= 0.3 is 6.36 Å². The van der Waals surface area contributed by atoms with Gasteiger partial charge in [-0.25, -0.2) is 9.98 Å². The first-order chi connectivity index (χ1) is 13.9. The molecule has 0 amide bonds. The molecular weight excluding hydrogens is 383 g/mol. The van der Waals surface area contributed by atoms with Crippen molar-refractivity contribution in [3.05, 3.63) is 83.9 Å². The minimum Gasteiger partial charge on any atom is -0.406 e. The molecule has 0 bridgehead atoms. The number of benzene rings is 2. The van der Waals surface area contributed by atoms with Crippen LogP contribution in [-0.2, 0) is 19.6 Å². The van der Waals surface area contributed by atoms with Crippen molar-refractivity contribution in [1.29, 1.82) is 0 Å². The molecule has 152 valence electrons. The fraction of sp³-hybridized carbons (Fsp3) is 0.200. The molecule has 0 spiro atoms. The van der Waals surface area contributed by atoms with E-state index >= 15 is 0 Å². The number of ether oxygens (including phenoxy) is 1. The number of imidazole rings is 1. The van der Waals surface area contributed by atoms with Crippen molar-refractivity contribution in [3.63, 3.8) is 0 Å². The maximum Gasteiger partial charge on any atom is 0.573 e. The minimum atomic E-state index is -4.70. The number of nitrogens with two attached hydrogens (primary N) is 1. The van der Waals surface area contributed by atoms with E-state index in [4.69, 9.17) is 5.73 Å². The van der Waals surface area contributed by atoms with E-state index in [0.717, 1.165) is 17.7 Å². The third kappa shape index (κ3) is 6.87. The largest absolute Gasteiger partial charge is 0.573 e. The van der Waals surface area contributed by atoms with Gasteiger partial charge in [0.05, 0.1) is 12.9 Å². The molecule has 3 rings (SSSR count). The molecule has 0 aliphatic heterocycles. The molecule has 3 aromatic rings. The Hall–Kier alpha value is -3.49. The lowest BCUT2D eigenvalue weighted by atomic mass is 10.1. The maximum atomic E-state index is 12.2. The molecule has 3 N–H and O–H groups in total. The fourth-order valence-electron chi connectivity index (χ4n) is 2.58. The quantitative estimate of drug-likeness (QED) is 0.468. The van der Waals surface area contributed by atoms with Gasteiger partial charge < -0.3 is 20.4 Å². The van der Waals surface area contributed by atoms with Gasteiger partial charge in [0.2, 0.25) is 0 Å². The lowest BCUT2D eigenvalue weighted by Crippen LogP contribution is -2.31. The van der Waals surface area contributed by atoms with Gasteiger partial charge in [-0.3, -0.25) is 0 Å². The van der Waals surface area contributed by atoms with Crippen molar-refractivity contribution < 1.29 is 17.9 Å². The second-order valence-electron chi connectivity index (χ2n) is 6.30. The summed E-state index contributed by atoms with van der Waals surface area (Å²) < 4.78 is 42.3. The summed E-state index contributed by atoms with van der Waals surface area (Å²) >= 11 is 0. The highest BCUT2D eigenvalue weighted by atomic mass is 19.4. The van der Waals surface area contributed by atoms with Gasteiger partial charge in [-0.05, 0) is 28.8 Å². The number of aliphatic imine (C=N–C) groups is 1. The lowest BCUT2D eigenvalue weighted by molar-refractivity contribution is -0.274. The molecule has 0 fully saturated rings. The van der Waals surface area contributed by atoms with Crippen LogP contribution in [0.1, 0.15) is 16.7 Å². The Morgan fingerprint density at radius 2 is 1.69 bits per heavy atom. The lowest BCUT2D eigenvalue weighted by Gasteiger charge is -2.09. The summed E-state index contributed by atoms with van der Waals surface area (Å²) in [6.07, 6.45) is 0.712. The Kier molecular flexibility index (Phi) is 6.38. The molecule has 1 aromatic heterocycles. The molecule has 6 nitrogen and oxygen atoms in total. The second-order valence-corrected chi connectivity index (χ2v) is 6.30. The van der Waals surface area contributed by atoms with E-state index in [2.05, 4.69) is 20.0 Å². The first kappa shape index (κ1) is 20.2. The predicted octanol–water partition coefficient (Wildman–Crippen LogP) is 3.43. The highest BCUT2D eigenvalue weighted by molar-refractivity contribution is 5.77. The Bertz CT molecular complexity index is 920. The predicted molar refractivity (Wildman–Crippen MR) is 103 cm³/mol. The van der Waals surface area contributed by atoms with Gasteiger partial charge in [-0.1, -0.05) is 36.4 Å². The average Bonchev–Trinajstić information content (AvgIpc) is 3.19. The van der Waals surface area contributed by atoms with Crippen molar-refractivity contribution in [3.8, 4) is 5.75 Å². The van der Waals surface area contributed by atoms with Gasteiger partial charge in [0.15, 0.2) is 5.96 Å². The standard InChI is InChI=1S/C20H20F3N5O/c21-20(22,23)29-18-7-5-16(6-8-18)12-27-19(24)26-11-15-1-3-17(4-2-15)13-28-10-9-25-14-28/h1-10,14H,11-13H2,(H3,24,26,27). The number of hydrogen-bond donors (Lipinski definition) is 2. The number of nitrogens with one attached hydrogen (secondary N) is 1. The molecular formula is C20H20F3N5O. The summed E-state index contributed by atoms with van der Waals surface area (Å²) in [4.78, 5) is 8.21. The number of halogens is 3. The summed E-state index contributed by atoms with van der Waals surface area (Å²) in [7, 11) is 0. The van der Waals surface area contributed by atoms with E-state index in [9.17, 15) is 13.2 Å². The number of guanidine groups is 1. The van der Waals surface area contributed by atoms with Gasteiger partial charge in [0.25, 0.3) is 0 Å². The van der Waals surface area contributed by atoms with Gasteiger partial charge in [-0.2, -0.15) is 0 Å². The van der Waals surface area contributed by atoms with E-state index in [1.165, 1.54) is 24.3 Å². The molecule has 0 aliphatic rings. The fourth-order valence-corrected chi connectivity index (χ4v) is 2.58. The molecule has 0 atom stereocenters. The van der Waals surface area contributed by atoms with Crippen LogP contribution in [0.4, 0.5) is 13.2 Å². The van der Waals surface area contributed by atoms with Gasteiger partial charge in [0.1, 0.15) is 5.75 Å². The monoisotopic (exact) mass is 403 g/mol. The van der Waals surface area contributed by atoms with E-state index in [1.807, 2.05) is 35.0 Å². The number of nitrogens with zero attached hydrogens (tertiary/aromatic N) is 3. The summed E-state index contributed by atoms with van der Waals surface area (Å²) in [6.45, 7) is 1.51. The van der Waals surface area contributed by atoms with Crippen LogP contribution in [-0.4, -0.2) is 21.9 Å². The third-order valence-corrected chi connectivity index (χ3v) is 4.01. The van der Waals surface area contributed by atoms with Crippen LogP contribution in [0, 0.1) is 0 Å². The van der Waals surface area contributed by atoms with Crippen LogP contribution < -0.4 is 15.8 Å². The normalized spacial score (nSPS) is 12.0. The summed E-state index contributed by atoms with van der Waals surface area (Å²) in [6, 6.07) is 13.6. The van der Waals surface area contributed by atoms with Crippen LogP contribution in [0.5, 0.6) is 5.75 Å². The van der Waals surface area contributed by atoms with Crippen molar-refractivity contribution >= 4 is 5.96 Å². The van der Waals surface area contributed by atoms with E-state index in [1.54, 1.807) is 12.5 Å². The van der Waals surface area contributed by atoms with Crippen LogP contribution in [0.3, 0.4) is 0 Å². The Labute approximate surface area is 165 Å². The topological polar surface area (TPSA) is 77.5 Å². The maximum absolute atomic E-state index is 12.2. The molecule has 1 heterocycles. The van der Waals surface area contributed by atoms with Crippen molar-refractivity contribution in [2.45, 2.75) is 26.0 Å². The first-order valence-corrected chi connectivity index (χ1v) is 8.79. The van der Waals surface area contributed by atoms with Gasteiger partial charge in [-0.15, -0.1) is 13.2 Å². The second kappa shape index (κ2) is 9.13. The van der Waals surface area contributed by atoms with E-state index < -0.39 is 6.36 Å². The van der Waals surface area contributed by atoms with Gasteiger partial charge in [0, 0.05) is 25.5 Å². The average molecular weight is 403 g/mol. The SMILES string of the molecule is NC(=NCc1ccc(OC(F)(F)F)cc1)NCc1ccc(Cn2ccnc2)cc1. The summed E-state index contributed by atoms with van der Waals surface area (Å²) in [5, 5.41) is 3.02. The van der Waals surface area contributed by atoms with E-state index in [-0.39, 0.29) is 18.3 Å². The number of hydrogen-bond acceptors (Lipinski definition) is 3. The van der Waals surface area contributed by atoms with Crippen LogP contribution >= 0.6 is 0 Å². The minimum absolute atomic E-state index is 0.245. The van der Waals surface area contributed by atoms with Crippen LogP contribution in [0.15, 0.2) is 72.2 Å². The van der Waals surface area contributed by atoms with Crippen LogP contribution in [0.2, 0.25) is 0 Å². The highest BCUT2D eigenvalue weighted by Gasteiger charge is 2.30. The Morgan fingerprint density at radius 3 is 2.31 bits per heavy atom. The zero-order chi connectivity index (χ0) is 20.7. The molecule has 29 heavy (non-hydrogen) atoms. The zero-order valence-corrected chi connectivity index (χ0v) is 15.4.